The van der Waals surface area contributed by atoms with Gasteiger partial charge in [-0.2, -0.15) is 4.31 Å². The van der Waals surface area contributed by atoms with Gasteiger partial charge in [0, 0.05) is 38.6 Å². The molecule has 3 rings (SSSR count). The van der Waals surface area contributed by atoms with Gasteiger partial charge in [0.1, 0.15) is 0 Å². The molecule has 1 aliphatic rings. The van der Waals surface area contributed by atoms with Crippen LogP contribution < -0.4 is 10.2 Å². The van der Waals surface area contributed by atoms with Gasteiger partial charge < -0.3 is 10.2 Å². The predicted molar refractivity (Wildman–Crippen MR) is 122 cm³/mol. The molecule has 8 heteroatoms. The average Bonchev–Trinajstić information content (AvgIpc) is 2.73. The van der Waals surface area contributed by atoms with E-state index >= 15 is 0 Å². The number of amides is 1. The first kappa shape index (κ1) is 22.6. The highest BCUT2D eigenvalue weighted by atomic mass is 35.5. The van der Waals surface area contributed by atoms with E-state index < -0.39 is 10.0 Å². The van der Waals surface area contributed by atoms with Crippen LogP contribution in [0.25, 0.3) is 0 Å². The second-order valence-electron chi connectivity index (χ2n) is 7.71. The monoisotopic (exact) mass is 449 g/mol. The Morgan fingerprint density at radius 3 is 2.37 bits per heavy atom. The number of nitrogens with one attached hydrogen (secondary N) is 1. The molecule has 0 aromatic heterocycles. The van der Waals surface area contributed by atoms with Gasteiger partial charge in [-0.05, 0) is 55.2 Å². The van der Waals surface area contributed by atoms with Gasteiger partial charge in [0.25, 0.3) is 0 Å². The molecule has 1 heterocycles. The van der Waals surface area contributed by atoms with Crippen LogP contribution in [0.2, 0.25) is 5.02 Å². The molecule has 0 aliphatic carbocycles. The Balaban J connectivity index is 1.60. The minimum atomic E-state index is -3.43. The molecule has 0 atom stereocenters. The van der Waals surface area contributed by atoms with Crippen molar-refractivity contribution in [2.75, 3.05) is 37.4 Å². The van der Waals surface area contributed by atoms with Crippen molar-refractivity contribution in [2.45, 2.75) is 37.0 Å². The molecule has 0 spiro atoms. The first-order valence-corrected chi connectivity index (χ1v) is 11.9. The number of hydrogen-bond acceptors (Lipinski definition) is 4. The van der Waals surface area contributed by atoms with E-state index in [-0.39, 0.29) is 12.3 Å². The number of aryl methyl sites for hydroxylation is 1. The SMILES string of the molecule is CN(C)c1ccc(Cl)cc1NC(=O)CCc1ccc(S(=O)(=O)N2CCCCC2)cc1. The summed E-state index contributed by atoms with van der Waals surface area (Å²) in [7, 11) is 0.371. The Bertz CT molecular complexity index is 985. The molecule has 0 radical (unpaired) electrons. The first-order chi connectivity index (χ1) is 14.3. The molecule has 0 bridgehead atoms. The van der Waals surface area contributed by atoms with Gasteiger partial charge in [0.05, 0.1) is 16.3 Å². The number of benzene rings is 2. The molecule has 1 aliphatic heterocycles. The van der Waals surface area contributed by atoms with Gasteiger partial charge in [-0.15, -0.1) is 0 Å². The minimum absolute atomic E-state index is 0.120. The molecule has 1 fully saturated rings. The molecule has 0 unspecified atom stereocenters. The fraction of sp³-hybridized carbons (Fsp3) is 0.409. The molecule has 1 amide bonds. The number of halogens is 1. The summed E-state index contributed by atoms with van der Waals surface area (Å²) in [5.74, 6) is -0.120. The number of rotatable bonds is 7. The number of hydrogen-bond donors (Lipinski definition) is 1. The lowest BCUT2D eigenvalue weighted by molar-refractivity contribution is -0.116. The molecular formula is C22H28ClN3O3S. The second kappa shape index (κ2) is 9.81. The molecule has 2 aromatic carbocycles. The zero-order valence-corrected chi connectivity index (χ0v) is 19.0. The zero-order valence-electron chi connectivity index (χ0n) is 17.4. The Kier molecular flexibility index (Phi) is 7.39. The molecule has 162 valence electrons. The lowest BCUT2D eigenvalue weighted by Crippen LogP contribution is -2.35. The third-order valence-electron chi connectivity index (χ3n) is 5.23. The smallest absolute Gasteiger partial charge is 0.243 e. The molecule has 6 nitrogen and oxygen atoms in total. The van der Waals surface area contributed by atoms with Crippen LogP contribution in [0.15, 0.2) is 47.4 Å². The normalized spacial score (nSPS) is 15.0. The Hall–Kier alpha value is -2.09. The number of nitrogens with zero attached hydrogens (tertiary/aromatic N) is 2. The highest BCUT2D eigenvalue weighted by Crippen LogP contribution is 2.28. The Labute approximate surface area is 183 Å². The van der Waals surface area contributed by atoms with Crippen LogP contribution in [0, 0.1) is 0 Å². The molecule has 0 saturated carbocycles. The van der Waals surface area contributed by atoms with Crippen molar-refractivity contribution in [3.05, 3.63) is 53.1 Å². The lowest BCUT2D eigenvalue weighted by atomic mass is 10.1. The van der Waals surface area contributed by atoms with Gasteiger partial charge in [0.15, 0.2) is 0 Å². The maximum Gasteiger partial charge on any atom is 0.243 e. The quantitative estimate of drug-likeness (QED) is 0.689. The van der Waals surface area contributed by atoms with E-state index in [1.807, 2.05) is 25.1 Å². The summed E-state index contributed by atoms with van der Waals surface area (Å²) >= 11 is 6.06. The van der Waals surface area contributed by atoms with Crippen molar-refractivity contribution in [3.63, 3.8) is 0 Å². The third kappa shape index (κ3) is 5.53. The van der Waals surface area contributed by atoms with Gasteiger partial charge in [-0.25, -0.2) is 8.42 Å². The van der Waals surface area contributed by atoms with Crippen LogP contribution in [-0.4, -0.2) is 45.8 Å². The summed E-state index contributed by atoms with van der Waals surface area (Å²) in [6, 6.07) is 12.2. The summed E-state index contributed by atoms with van der Waals surface area (Å²) < 4.78 is 27.0. The van der Waals surface area contributed by atoms with Crippen LogP contribution in [-0.2, 0) is 21.2 Å². The van der Waals surface area contributed by atoms with Crippen LogP contribution in [0.3, 0.4) is 0 Å². The summed E-state index contributed by atoms with van der Waals surface area (Å²) in [6.45, 7) is 1.17. The van der Waals surface area contributed by atoms with Crippen molar-refractivity contribution in [2.24, 2.45) is 0 Å². The van der Waals surface area contributed by atoms with Gasteiger partial charge in [0.2, 0.25) is 15.9 Å². The van der Waals surface area contributed by atoms with E-state index in [0.717, 1.165) is 30.5 Å². The third-order valence-corrected chi connectivity index (χ3v) is 7.38. The van der Waals surface area contributed by atoms with Gasteiger partial charge >= 0.3 is 0 Å². The summed E-state index contributed by atoms with van der Waals surface area (Å²) in [5, 5.41) is 3.47. The summed E-state index contributed by atoms with van der Waals surface area (Å²) in [4.78, 5) is 14.7. The maximum absolute atomic E-state index is 12.7. The molecule has 1 N–H and O–H groups in total. The van der Waals surface area contributed by atoms with Crippen LogP contribution in [0.4, 0.5) is 11.4 Å². The van der Waals surface area contributed by atoms with Crippen molar-refractivity contribution in [1.29, 1.82) is 0 Å². The summed E-state index contributed by atoms with van der Waals surface area (Å²) in [5.41, 5.74) is 2.46. The molecule has 30 heavy (non-hydrogen) atoms. The van der Waals surface area contributed by atoms with Crippen LogP contribution in [0.5, 0.6) is 0 Å². The fourth-order valence-electron chi connectivity index (χ4n) is 3.55. The molecule has 2 aromatic rings. The number of piperidine rings is 1. The van der Waals surface area contributed by atoms with Crippen molar-refractivity contribution in [1.82, 2.24) is 4.31 Å². The molecule has 1 saturated heterocycles. The topological polar surface area (TPSA) is 69.7 Å². The largest absolute Gasteiger partial charge is 0.376 e. The van der Waals surface area contributed by atoms with E-state index in [9.17, 15) is 13.2 Å². The predicted octanol–water partition coefficient (Wildman–Crippen LogP) is 4.15. The van der Waals surface area contributed by atoms with E-state index in [0.29, 0.717) is 35.1 Å². The van der Waals surface area contributed by atoms with Crippen molar-refractivity contribution < 1.29 is 13.2 Å². The molecular weight excluding hydrogens is 422 g/mol. The number of carbonyl (C=O) groups excluding carboxylic acids is 1. The van der Waals surface area contributed by atoms with E-state index in [2.05, 4.69) is 5.32 Å². The highest BCUT2D eigenvalue weighted by Gasteiger charge is 2.25. The van der Waals surface area contributed by atoms with E-state index in [4.69, 9.17) is 11.6 Å². The van der Waals surface area contributed by atoms with Gasteiger partial charge in [-0.1, -0.05) is 30.2 Å². The maximum atomic E-state index is 12.7. The van der Waals surface area contributed by atoms with Crippen molar-refractivity contribution >= 4 is 38.9 Å². The average molecular weight is 450 g/mol. The number of anilines is 2. The lowest BCUT2D eigenvalue weighted by Gasteiger charge is -2.25. The standard InChI is InChI=1S/C22H28ClN3O3S/c1-25(2)21-12-9-18(23)16-20(21)24-22(27)13-8-17-6-10-19(11-7-17)30(28,29)26-14-4-3-5-15-26/h6-7,9-12,16H,3-5,8,13-15H2,1-2H3,(H,24,27). The van der Waals surface area contributed by atoms with E-state index in [1.54, 1.807) is 40.7 Å². The minimum Gasteiger partial charge on any atom is -0.376 e. The number of sulfonamides is 1. The van der Waals surface area contributed by atoms with Gasteiger partial charge in [-0.3, -0.25) is 4.79 Å². The zero-order chi connectivity index (χ0) is 21.7. The fourth-order valence-corrected chi connectivity index (χ4v) is 5.24. The van der Waals surface area contributed by atoms with Crippen molar-refractivity contribution in [3.8, 4) is 0 Å². The Morgan fingerprint density at radius 2 is 1.73 bits per heavy atom. The Morgan fingerprint density at radius 1 is 1.07 bits per heavy atom. The van der Waals surface area contributed by atoms with Crippen LogP contribution in [0.1, 0.15) is 31.2 Å². The van der Waals surface area contributed by atoms with Crippen LogP contribution >= 0.6 is 11.6 Å². The highest BCUT2D eigenvalue weighted by molar-refractivity contribution is 7.89. The van der Waals surface area contributed by atoms with E-state index in [1.165, 1.54) is 0 Å². The second-order valence-corrected chi connectivity index (χ2v) is 10.1. The first-order valence-electron chi connectivity index (χ1n) is 10.1. The summed E-state index contributed by atoms with van der Waals surface area (Å²) in [6.07, 6.45) is 3.72. The number of carbonyl (C=O) groups is 1.